The van der Waals surface area contributed by atoms with Crippen molar-refractivity contribution in [3.05, 3.63) is 30.5 Å². The molecule has 0 unspecified atom stereocenters. The molecule has 1 saturated heterocycles. The van der Waals surface area contributed by atoms with Gasteiger partial charge in [-0.3, -0.25) is 0 Å². The summed E-state index contributed by atoms with van der Waals surface area (Å²) < 4.78 is 11.1. The number of para-hydroxylation sites is 1. The van der Waals surface area contributed by atoms with E-state index in [1.54, 1.807) is 0 Å². The van der Waals surface area contributed by atoms with Gasteiger partial charge in [-0.05, 0) is 12.1 Å². The number of aromatic amines is 1. The first-order valence-corrected chi connectivity index (χ1v) is 5.75. The Hall–Kier alpha value is -0.890. The van der Waals surface area contributed by atoms with Gasteiger partial charge >= 0.3 is 0 Å². The van der Waals surface area contributed by atoms with Crippen LogP contribution in [0.2, 0.25) is 0 Å². The highest BCUT2D eigenvalue weighted by molar-refractivity contribution is 7.56. The van der Waals surface area contributed by atoms with Crippen LogP contribution in [0.4, 0.5) is 0 Å². The van der Waals surface area contributed by atoms with E-state index >= 15 is 0 Å². The zero-order valence-corrected chi connectivity index (χ0v) is 8.46. The molecule has 0 atom stereocenters. The number of H-pyrrole nitrogens is 1. The maximum Gasteiger partial charge on any atom is 0.207 e. The monoisotopic (exact) mass is 207 g/mol. The summed E-state index contributed by atoms with van der Waals surface area (Å²) in [5.41, 5.74) is 1.14. The molecule has 72 valence electrons. The minimum absolute atomic E-state index is 0.711. The van der Waals surface area contributed by atoms with Crippen LogP contribution in [0.1, 0.15) is 0 Å². The average molecular weight is 207 g/mol. The van der Waals surface area contributed by atoms with Crippen LogP contribution in [-0.4, -0.2) is 18.2 Å². The zero-order valence-electron chi connectivity index (χ0n) is 7.56. The van der Waals surface area contributed by atoms with Crippen molar-refractivity contribution in [3.8, 4) is 0 Å². The fourth-order valence-corrected chi connectivity index (χ4v) is 3.05. The molecule has 1 aliphatic heterocycles. The van der Waals surface area contributed by atoms with Gasteiger partial charge in [0.05, 0.1) is 24.0 Å². The third kappa shape index (κ3) is 1.25. The van der Waals surface area contributed by atoms with Gasteiger partial charge in [0.15, 0.2) is 0 Å². The van der Waals surface area contributed by atoms with Gasteiger partial charge in [-0.2, -0.15) is 0 Å². The van der Waals surface area contributed by atoms with Gasteiger partial charge in [-0.25, -0.2) is 0 Å². The van der Waals surface area contributed by atoms with Crippen LogP contribution < -0.4 is 5.30 Å². The van der Waals surface area contributed by atoms with Crippen molar-refractivity contribution in [2.24, 2.45) is 0 Å². The molecule has 0 bridgehead atoms. The quantitative estimate of drug-likeness (QED) is 0.727. The molecule has 2 aromatic rings. The molecule has 3 nitrogen and oxygen atoms in total. The molecule has 0 amide bonds. The lowest BCUT2D eigenvalue weighted by Gasteiger charge is -2.08. The van der Waals surface area contributed by atoms with Gasteiger partial charge in [0.1, 0.15) is 0 Å². The first-order valence-electron chi connectivity index (χ1n) is 4.57. The maximum atomic E-state index is 5.54. The summed E-state index contributed by atoms with van der Waals surface area (Å²) in [5, 5.41) is 2.36. The second-order valence-corrected chi connectivity index (χ2v) is 4.66. The van der Waals surface area contributed by atoms with E-state index in [-0.39, 0.29) is 0 Å². The summed E-state index contributed by atoms with van der Waals surface area (Å²) in [6.45, 7) is 1.42. The topological polar surface area (TPSA) is 34.2 Å². The fraction of sp³-hybridized carbons (Fsp3) is 0.200. The normalized spacial score (nSPS) is 18.0. The highest BCUT2D eigenvalue weighted by Gasteiger charge is 2.21. The SMILES string of the molecule is c1cc(P2OCCO2)c2[nH]ccc2c1. The van der Waals surface area contributed by atoms with Crippen LogP contribution in [0.3, 0.4) is 0 Å². The third-order valence-corrected chi connectivity index (χ3v) is 3.86. The fourth-order valence-electron chi connectivity index (χ4n) is 1.64. The number of aromatic nitrogens is 1. The number of nitrogens with one attached hydrogen (secondary N) is 1. The molecule has 1 aromatic carbocycles. The molecule has 1 N–H and O–H groups in total. The predicted octanol–water partition coefficient (Wildman–Crippen LogP) is 2.15. The molecule has 1 fully saturated rings. The highest BCUT2D eigenvalue weighted by Crippen LogP contribution is 2.42. The standard InChI is InChI=1S/C10H10NO2P/c1-2-8-4-5-11-10(8)9(3-1)14-12-6-7-13-14/h1-5,11H,6-7H2. The molecule has 0 saturated carbocycles. The maximum absolute atomic E-state index is 5.54. The van der Waals surface area contributed by atoms with Crippen molar-refractivity contribution >= 4 is 24.6 Å². The van der Waals surface area contributed by atoms with Gasteiger partial charge in [0, 0.05) is 11.6 Å². The average Bonchev–Trinajstić information content (AvgIpc) is 2.88. The summed E-state index contributed by atoms with van der Waals surface area (Å²) in [6, 6.07) is 8.25. The van der Waals surface area contributed by atoms with Crippen molar-refractivity contribution in [1.29, 1.82) is 0 Å². The summed E-state index contributed by atoms with van der Waals surface area (Å²) >= 11 is 0. The van der Waals surface area contributed by atoms with Gasteiger partial charge in [0.2, 0.25) is 8.38 Å². The highest BCUT2D eigenvalue weighted by atomic mass is 31.2. The lowest BCUT2D eigenvalue weighted by Crippen LogP contribution is -2.01. The molecule has 1 aromatic heterocycles. The van der Waals surface area contributed by atoms with E-state index in [4.69, 9.17) is 9.05 Å². The molecule has 14 heavy (non-hydrogen) atoms. The van der Waals surface area contributed by atoms with E-state index < -0.39 is 8.38 Å². The van der Waals surface area contributed by atoms with Gasteiger partial charge in [-0.1, -0.05) is 12.1 Å². The molecule has 3 rings (SSSR count). The molecule has 4 heteroatoms. The van der Waals surface area contributed by atoms with Crippen molar-refractivity contribution in [2.45, 2.75) is 0 Å². The van der Waals surface area contributed by atoms with Crippen LogP contribution >= 0.6 is 8.38 Å². The zero-order chi connectivity index (χ0) is 9.38. The Morgan fingerprint density at radius 1 is 1.14 bits per heavy atom. The van der Waals surface area contributed by atoms with Crippen molar-refractivity contribution < 1.29 is 9.05 Å². The summed E-state index contributed by atoms with van der Waals surface area (Å²) in [5.74, 6) is 0. The Kier molecular flexibility index (Phi) is 2.02. The Morgan fingerprint density at radius 2 is 2.00 bits per heavy atom. The van der Waals surface area contributed by atoms with E-state index in [1.165, 1.54) is 5.39 Å². The number of benzene rings is 1. The number of rotatable bonds is 1. The van der Waals surface area contributed by atoms with E-state index in [0.717, 1.165) is 10.8 Å². The first-order chi connectivity index (χ1) is 6.95. The molecule has 1 aliphatic rings. The molecular weight excluding hydrogens is 197 g/mol. The minimum Gasteiger partial charge on any atom is -0.361 e. The van der Waals surface area contributed by atoms with E-state index in [1.807, 2.05) is 12.3 Å². The number of fused-ring (bicyclic) bond motifs is 1. The number of hydrogen-bond acceptors (Lipinski definition) is 2. The van der Waals surface area contributed by atoms with Crippen molar-refractivity contribution in [2.75, 3.05) is 13.2 Å². The third-order valence-electron chi connectivity index (χ3n) is 2.26. The second kappa shape index (κ2) is 3.35. The largest absolute Gasteiger partial charge is 0.361 e. The van der Waals surface area contributed by atoms with Crippen LogP contribution in [0.5, 0.6) is 0 Å². The summed E-state index contributed by atoms with van der Waals surface area (Å²) in [7, 11) is -0.846. The molecule has 0 spiro atoms. The van der Waals surface area contributed by atoms with E-state index in [0.29, 0.717) is 13.2 Å². The van der Waals surface area contributed by atoms with Crippen LogP contribution in [0.25, 0.3) is 10.9 Å². The predicted molar refractivity (Wildman–Crippen MR) is 56.8 cm³/mol. The molecular formula is C10H10NO2P. The minimum atomic E-state index is -0.846. The summed E-state index contributed by atoms with van der Waals surface area (Å²) in [4.78, 5) is 3.22. The van der Waals surface area contributed by atoms with Crippen LogP contribution in [0, 0.1) is 0 Å². The van der Waals surface area contributed by atoms with Gasteiger partial charge < -0.3 is 14.0 Å². The lowest BCUT2D eigenvalue weighted by molar-refractivity contribution is 0.365. The van der Waals surface area contributed by atoms with E-state index in [2.05, 4.69) is 23.2 Å². The molecule has 0 aliphatic carbocycles. The van der Waals surface area contributed by atoms with Crippen molar-refractivity contribution in [3.63, 3.8) is 0 Å². The number of hydrogen-bond donors (Lipinski definition) is 1. The smallest absolute Gasteiger partial charge is 0.207 e. The Balaban J connectivity index is 2.14. The summed E-state index contributed by atoms with van der Waals surface area (Å²) in [6.07, 6.45) is 1.94. The van der Waals surface area contributed by atoms with Gasteiger partial charge in [-0.15, -0.1) is 0 Å². The second-order valence-electron chi connectivity index (χ2n) is 3.14. The Labute approximate surface area is 82.9 Å². The van der Waals surface area contributed by atoms with Crippen LogP contribution in [-0.2, 0) is 9.05 Å². The Bertz CT molecular complexity index is 448. The van der Waals surface area contributed by atoms with Crippen molar-refractivity contribution in [1.82, 2.24) is 4.98 Å². The van der Waals surface area contributed by atoms with E-state index in [9.17, 15) is 0 Å². The Morgan fingerprint density at radius 3 is 2.86 bits per heavy atom. The van der Waals surface area contributed by atoms with Gasteiger partial charge in [0.25, 0.3) is 0 Å². The molecule has 2 heterocycles. The van der Waals surface area contributed by atoms with Crippen LogP contribution in [0.15, 0.2) is 30.5 Å². The molecule has 0 radical (unpaired) electrons. The first kappa shape index (κ1) is 8.42. The lowest BCUT2D eigenvalue weighted by atomic mass is 10.2.